The van der Waals surface area contributed by atoms with Gasteiger partial charge in [0.05, 0.1) is 19.7 Å². The van der Waals surface area contributed by atoms with Gasteiger partial charge < -0.3 is 18.6 Å². The van der Waals surface area contributed by atoms with Crippen LogP contribution in [0.25, 0.3) is 21.8 Å². The van der Waals surface area contributed by atoms with Crippen LogP contribution in [0.4, 0.5) is 13.2 Å². The Bertz CT molecular complexity index is 1150. The van der Waals surface area contributed by atoms with E-state index in [9.17, 15) is 26.4 Å². The number of para-hydroxylation sites is 1. The van der Waals surface area contributed by atoms with Crippen LogP contribution in [-0.2, 0) is 14.9 Å². The number of carbonyl (C=O) groups is 1. The van der Waals surface area contributed by atoms with Gasteiger partial charge in [-0.05, 0) is 12.1 Å². The number of carbonyl (C=O) groups excluding carboxylic acids is 1. The molecule has 0 unspecified atom stereocenters. The summed E-state index contributed by atoms with van der Waals surface area (Å²) in [4.78, 5) is 15.0. The molecule has 2 aromatic carbocycles. The largest absolute Gasteiger partial charge is 0.534 e. The van der Waals surface area contributed by atoms with Crippen molar-refractivity contribution in [2.45, 2.75) is 5.51 Å². The molecule has 144 valence electrons. The number of halogens is 3. The summed E-state index contributed by atoms with van der Waals surface area (Å²) in [6, 6.07) is 8.03. The van der Waals surface area contributed by atoms with Gasteiger partial charge in [-0.3, -0.25) is 0 Å². The number of methoxy groups -OCH3 is 2. The van der Waals surface area contributed by atoms with Gasteiger partial charge in [0, 0.05) is 16.3 Å². The van der Waals surface area contributed by atoms with E-state index in [1.807, 2.05) is 0 Å². The van der Waals surface area contributed by atoms with Gasteiger partial charge in [-0.15, -0.1) is 0 Å². The van der Waals surface area contributed by atoms with Gasteiger partial charge in [0.25, 0.3) is 0 Å². The Morgan fingerprint density at radius 1 is 1.07 bits per heavy atom. The fraction of sp³-hybridized carbons (Fsp3) is 0.188. The average Bonchev–Trinajstić information content (AvgIpc) is 2.97. The molecule has 0 amide bonds. The molecule has 0 spiro atoms. The number of H-pyrrole nitrogens is 1. The first-order valence-electron chi connectivity index (χ1n) is 7.31. The molecule has 0 atom stereocenters. The summed E-state index contributed by atoms with van der Waals surface area (Å²) in [6.45, 7) is 0. The maximum absolute atomic E-state index is 12.8. The Labute approximate surface area is 150 Å². The zero-order chi connectivity index (χ0) is 20.0. The fourth-order valence-corrected chi connectivity index (χ4v) is 3.11. The molecule has 3 rings (SSSR count). The number of benzene rings is 2. The minimum Gasteiger partial charge on any atom is -0.491 e. The van der Waals surface area contributed by atoms with E-state index < -0.39 is 32.9 Å². The summed E-state index contributed by atoms with van der Waals surface area (Å²) in [7, 11) is -3.95. The molecule has 27 heavy (non-hydrogen) atoms. The Hall–Kier alpha value is -2.95. The van der Waals surface area contributed by atoms with E-state index in [4.69, 9.17) is 4.74 Å². The highest BCUT2D eigenvalue weighted by Gasteiger charge is 2.49. The Morgan fingerprint density at radius 2 is 1.74 bits per heavy atom. The normalized spacial score (nSPS) is 12.3. The van der Waals surface area contributed by atoms with Crippen LogP contribution in [0.5, 0.6) is 11.5 Å². The quantitative estimate of drug-likeness (QED) is 0.408. The summed E-state index contributed by atoms with van der Waals surface area (Å²) in [5.41, 5.74) is -5.46. The number of alkyl halides is 3. The molecule has 0 saturated carbocycles. The van der Waals surface area contributed by atoms with E-state index in [0.717, 1.165) is 14.2 Å². The maximum atomic E-state index is 12.8. The molecule has 1 heterocycles. The van der Waals surface area contributed by atoms with Crippen LogP contribution in [0, 0.1) is 0 Å². The van der Waals surface area contributed by atoms with E-state index in [0.29, 0.717) is 16.3 Å². The van der Waals surface area contributed by atoms with Crippen molar-refractivity contribution in [1.82, 2.24) is 4.98 Å². The van der Waals surface area contributed by atoms with Crippen molar-refractivity contribution >= 4 is 37.9 Å². The Balaban J connectivity index is 2.40. The second kappa shape index (κ2) is 6.34. The molecule has 0 fully saturated rings. The highest BCUT2D eigenvalue weighted by atomic mass is 32.2. The highest BCUT2D eigenvalue weighted by Crippen LogP contribution is 2.43. The minimum atomic E-state index is -6.05. The van der Waals surface area contributed by atoms with Crippen LogP contribution in [-0.4, -0.2) is 39.1 Å². The SMILES string of the molecule is COC(=O)c1cc2c([nH]c3ccccc32)c(OC)c1OS(=O)(=O)C(F)(F)F. The van der Waals surface area contributed by atoms with Crippen molar-refractivity contribution in [2.24, 2.45) is 0 Å². The monoisotopic (exact) mass is 403 g/mol. The predicted octanol–water partition coefficient (Wildman–Crippen LogP) is 3.34. The van der Waals surface area contributed by atoms with Crippen LogP contribution in [0.3, 0.4) is 0 Å². The van der Waals surface area contributed by atoms with Crippen molar-refractivity contribution in [3.05, 3.63) is 35.9 Å². The maximum Gasteiger partial charge on any atom is 0.534 e. The number of aromatic nitrogens is 1. The zero-order valence-corrected chi connectivity index (χ0v) is 14.7. The number of hydrogen-bond donors (Lipinski definition) is 1. The van der Waals surface area contributed by atoms with E-state index >= 15 is 0 Å². The number of ether oxygens (including phenoxy) is 2. The minimum absolute atomic E-state index is 0.165. The summed E-state index contributed by atoms with van der Waals surface area (Å²) in [6.07, 6.45) is 0. The van der Waals surface area contributed by atoms with Crippen LogP contribution in [0.15, 0.2) is 30.3 Å². The molecule has 0 bridgehead atoms. The number of hydrogen-bond acceptors (Lipinski definition) is 6. The third-order valence-electron chi connectivity index (χ3n) is 3.80. The lowest BCUT2D eigenvalue weighted by Crippen LogP contribution is -2.29. The average molecular weight is 403 g/mol. The van der Waals surface area contributed by atoms with Crippen molar-refractivity contribution in [1.29, 1.82) is 0 Å². The second-order valence-corrected chi connectivity index (χ2v) is 6.89. The second-order valence-electron chi connectivity index (χ2n) is 5.35. The number of aromatic amines is 1. The first-order chi connectivity index (χ1) is 12.6. The van der Waals surface area contributed by atoms with Crippen LogP contribution in [0.1, 0.15) is 10.4 Å². The molecule has 1 aromatic heterocycles. The predicted molar refractivity (Wildman–Crippen MR) is 89.3 cm³/mol. The van der Waals surface area contributed by atoms with Gasteiger partial charge in [0.1, 0.15) is 5.56 Å². The van der Waals surface area contributed by atoms with Crippen molar-refractivity contribution in [3.63, 3.8) is 0 Å². The van der Waals surface area contributed by atoms with E-state index in [2.05, 4.69) is 13.9 Å². The topological polar surface area (TPSA) is 94.7 Å². The first-order valence-corrected chi connectivity index (χ1v) is 8.72. The molecule has 0 radical (unpaired) electrons. The molecule has 0 saturated heterocycles. The number of rotatable bonds is 4. The lowest BCUT2D eigenvalue weighted by Gasteiger charge is -2.15. The summed E-state index contributed by atoms with van der Waals surface area (Å²) in [5, 5.41) is 1.06. The van der Waals surface area contributed by atoms with Gasteiger partial charge >= 0.3 is 21.6 Å². The smallest absolute Gasteiger partial charge is 0.491 e. The number of esters is 1. The van der Waals surface area contributed by atoms with Crippen LogP contribution < -0.4 is 8.92 Å². The van der Waals surface area contributed by atoms with E-state index in [-0.39, 0.29) is 11.3 Å². The summed E-state index contributed by atoms with van der Waals surface area (Å²) < 4.78 is 75.2. The fourth-order valence-electron chi connectivity index (χ4n) is 2.63. The third kappa shape index (κ3) is 3.03. The van der Waals surface area contributed by atoms with Crippen LogP contribution in [0.2, 0.25) is 0 Å². The molecule has 0 aliphatic heterocycles. The Morgan fingerprint density at radius 3 is 2.33 bits per heavy atom. The molecule has 0 aliphatic carbocycles. The van der Waals surface area contributed by atoms with Crippen LogP contribution >= 0.6 is 0 Å². The van der Waals surface area contributed by atoms with E-state index in [1.165, 1.54) is 6.07 Å². The van der Waals surface area contributed by atoms with Gasteiger partial charge in [-0.1, -0.05) is 18.2 Å². The molecular formula is C16H12F3NO6S. The molecule has 1 N–H and O–H groups in total. The molecule has 0 aliphatic rings. The summed E-state index contributed by atoms with van der Waals surface area (Å²) >= 11 is 0. The van der Waals surface area contributed by atoms with Gasteiger partial charge in [0.2, 0.25) is 5.75 Å². The molecule has 7 nitrogen and oxygen atoms in total. The lowest BCUT2D eigenvalue weighted by molar-refractivity contribution is -0.0501. The first kappa shape index (κ1) is 18.8. The number of nitrogens with one attached hydrogen (secondary N) is 1. The standard InChI is InChI=1S/C16H12F3NO6S/c1-24-14-12-9(8-5-3-4-6-11(8)20-12)7-10(15(21)25-2)13(14)26-27(22,23)16(17,18)19/h3-7,20H,1-2H3. The van der Waals surface area contributed by atoms with Crippen molar-refractivity contribution in [3.8, 4) is 11.5 Å². The summed E-state index contributed by atoms with van der Waals surface area (Å²) in [5.74, 6) is -2.38. The van der Waals surface area contributed by atoms with E-state index in [1.54, 1.807) is 24.3 Å². The van der Waals surface area contributed by atoms with Crippen molar-refractivity contribution in [2.75, 3.05) is 14.2 Å². The van der Waals surface area contributed by atoms with Crippen molar-refractivity contribution < 1.29 is 40.0 Å². The molecule has 3 aromatic rings. The van der Waals surface area contributed by atoms with Gasteiger partial charge in [0.15, 0.2) is 5.75 Å². The molecule has 11 heteroatoms. The van der Waals surface area contributed by atoms with Gasteiger partial charge in [-0.2, -0.15) is 21.6 Å². The Kier molecular flexibility index (Phi) is 4.42. The highest BCUT2D eigenvalue weighted by molar-refractivity contribution is 7.88. The lowest BCUT2D eigenvalue weighted by atomic mass is 10.1. The third-order valence-corrected chi connectivity index (χ3v) is 4.75. The molecular weight excluding hydrogens is 391 g/mol. The number of fused-ring (bicyclic) bond motifs is 3. The zero-order valence-electron chi connectivity index (χ0n) is 13.9. The van der Waals surface area contributed by atoms with Gasteiger partial charge in [-0.25, -0.2) is 4.79 Å².